The van der Waals surface area contributed by atoms with Gasteiger partial charge in [-0.25, -0.2) is 0 Å². The number of likely N-dealkylation sites (tertiary alicyclic amines) is 1. The zero-order chi connectivity index (χ0) is 17.2. The minimum Gasteiger partial charge on any atom is -0.325 e. The summed E-state index contributed by atoms with van der Waals surface area (Å²) in [5.74, 6) is 0.240. The van der Waals surface area contributed by atoms with Gasteiger partial charge in [0.05, 0.1) is 24.3 Å². The first-order valence-electron chi connectivity index (χ1n) is 7.70. The summed E-state index contributed by atoms with van der Waals surface area (Å²) in [6, 6.07) is 2.98. The molecule has 0 unspecified atom stereocenters. The van der Waals surface area contributed by atoms with E-state index in [0.29, 0.717) is 5.92 Å². The number of amides is 1. The molecule has 1 aromatic rings. The van der Waals surface area contributed by atoms with Gasteiger partial charge in [0.15, 0.2) is 6.04 Å². The molecule has 2 N–H and O–H groups in total. The Bertz CT molecular complexity index is 569. The first-order chi connectivity index (χ1) is 10.7. The fraction of sp³-hybridized carbons (Fsp3) is 0.562. The Kier molecular flexibility index (Phi) is 5.57. The van der Waals surface area contributed by atoms with Gasteiger partial charge in [0, 0.05) is 5.02 Å². The van der Waals surface area contributed by atoms with Crippen LogP contribution in [0.5, 0.6) is 0 Å². The number of halogens is 4. The molecular weight excluding hydrogens is 329 g/mol. The summed E-state index contributed by atoms with van der Waals surface area (Å²) < 4.78 is 39.2. The van der Waals surface area contributed by atoms with Crippen molar-refractivity contribution in [2.45, 2.75) is 38.9 Å². The maximum absolute atomic E-state index is 13.1. The van der Waals surface area contributed by atoms with E-state index in [-0.39, 0.29) is 16.8 Å². The lowest BCUT2D eigenvalue weighted by Gasteiger charge is -2.31. The Hall–Kier alpha value is -1.27. The normalized spacial score (nSPS) is 23.4. The van der Waals surface area contributed by atoms with Gasteiger partial charge < -0.3 is 10.2 Å². The molecule has 128 valence electrons. The summed E-state index contributed by atoms with van der Waals surface area (Å²) in [7, 11) is 0. The number of benzene rings is 1. The van der Waals surface area contributed by atoms with Gasteiger partial charge in [-0.15, -0.1) is 0 Å². The fourth-order valence-corrected chi connectivity index (χ4v) is 3.02. The van der Waals surface area contributed by atoms with Crippen molar-refractivity contribution in [2.24, 2.45) is 5.92 Å². The number of hydrogen-bond donors (Lipinski definition) is 2. The Morgan fingerprint density at radius 3 is 2.52 bits per heavy atom. The molecule has 0 bridgehead atoms. The summed E-state index contributed by atoms with van der Waals surface area (Å²) in [5.41, 5.74) is -1.17. The molecule has 1 amide bonds. The van der Waals surface area contributed by atoms with Crippen molar-refractivity contribution in [1.29, 1.82) is 0 Å². The molecule has 1 saturated heterocycles. The molecule has 2 rings (SSSR count). The lowest BCUT2D eigenvalue weighted by atomic mass is 9.98. The highest BCUT2D eigenvalue weighted by Gasteiger charge is 2.35. The highest BCUT2D eigenvalue weighted by atomic mass is 35.5. The SMILES string of the molecule is CC1CC[NH+]([C@@H](C)C(=O)Nc2ccc(Cl)cc2C(F)(F)F)CC1. The maximum Gasteiger partial charge on any atom is 0.418 e. The molecule has 1 aliphatic heterocycles. The first-order valence-corrected chi connectivity index (χ1v) is 8.08. The largest absolute Gasteiger partial charge is 0.418 e. The van der Waals surface area contributed by atoms with E-state index in [2.05, 4.69) is 12.2 Å². The number of carbonyl (C=O) groups excluding carboxylic acids is 1. The van der Waals surface area contributed by atoms with E-state index in [1.165, 1.54) is 12.1 Å². The van der Waals surface area contributed by atoms with Crippen molar-refractivity contribution >= 4 is 23.2 Å². The third-order valence-corrected chi connectivity index (χ3v) is 4.70. The van der Waals surface area contributed by atoms with Crippen molar-refractivity contribution < 1.29 is 22.9 Å². The average Bonchev–Trinajstić information content (AvgIpc) is 2.48. The highest BCUT2D eigenvalue weighted by molar-refractivity contribution is 6.30. The summed E-state index contributed by atoms with van der Waals surface area (Å²) in [4.78, 5) is 13.4. The van der Waals surface area contributed by atoms with E-state index >= 15 is 0 Å². The van der Waals surface area contributed by atoms with E-state index in [4.69, 9.17) is 11.6 Å². The number of nitrogens with one attached hydrogen (secondary N) is 2. The number of hydrogen-bond acceptors (Lipinski definition) is 1. The zero-order valence-electron chi connectivity index (χ0n) is 13.1. The van der Waals surface area contributed by atoms with E-state index in [1.807, 2.05) is 0 Å². The average molecular weight is 350 g/mol. The molecule has 0 saturated carbocycles. The van der Waals surface area contributed by atoms with Gasteiger partial charge in [-0.05, 0) is 43.9 Å². The topological polar surface area (TPSA) is 33.5 Å². The highest BCUT2D eigenvalue weighted by Crippen LogP contribution is 2.36. The second kappa shape index (κ2) is 7.09. The van der Waals surface area contributed by atoms with Crippen molar-refractivity contribution in [1.82, 2.24) is 0 Å². The summed E-state index contributed by atoms with van der Waals surface area (Å²) in [6.45, 7) is 5.65. The molecule has 0 aliphatic carbocycles. The number of carbonyl (C=O) groups is 1. The number of piperidine rings is 1. The van der Waals surface area contributed by atoms with Crippen LogP contribution in [0.4, 0.5) is 18.9 Å². The second-order valence-corrected chi connectivity index (χ2v) is 6.68. The minimum atomic E-state index is -4.57. The quantitative estimate of drug-likeness (QED) is 0.864. The molecule has 7 heteroatoms. The van der Waals surface area contributed by atoms with Gasteiger partial charge in [-0.1, -0.05) is 18.5 Å². The van der Waals surface area contributed by atoms with Gasteiger partial charge in [0.1, 0.15) is 0 Å². The summed E-state index contributed by atoms with van der Waals surface area (Å²) in [6.07, 6.45) is -2.51. The Morgan fingerprint density at radius 2 is 1.96 bits per heavy atom. The third-order valence-electron chi connectivity index (χ3n) is 4.47. The molecule has 1 aromatic carbocycles. The van der Waals surface area contributed by atoms with Gasteiger partial charge in [-0.2, -0.15) is 13.2 Å². The Morgan fingerprint density at radius 1 is 1.35 bits per heavy atom. The van der Waals surface area contributed by atoms with Gasteiger partial charge in [-0.3, -0.25) is 4.79 Å². The minimum absolute atomic E-state index is 0.0148. The van der Waals surface area contributed by atoms with Crippen molar-refractivity contribution in [3.8, 4) is 0 Å². The van der Waals surface area contributed by atoms with Crippen molar-refractivity contribution in [3.63, 3.8) is 0 Å². The zero-order valence-corrected chi connectivity index (χ0v) is 13.9. The molecule has 1 heterocycles. The number of quaternary nitrogens is 1. The predicted octanol–water partition coefficient (Wildman–Crippen LogP) is 3.00. The van der Waals surface area contributed by atoms with E-state index in [1.54, 1.807) is 6.92 Å². The molecule has 0 spiro atoms. The van der Waals surface area contributed by atoms with Crippen LogP contribution >= 0.6 is 11.6 Å². The molecule has 0 radical (unpaired) electrons. The molecule has 0 aromatic heterocycles. The Labute approximate surface area is 138 Å². The lowest BCUT2D eigenvalue weighted by molar-refractivity contribution is -0.919. The fourth-order valence-electron chi connectivity index (χ4n) is 2.85. The van der Waals surface area contributed by atoms with Crippen LogP contribution in [0.25, 0.3) is 0 Å². The molecular formula is C16H21ClF3N2O+. The molecule has 1 aliphatic rings. The lowest BCUT2D eigenvalue weighted by Crippen LogP contribution is -3.17. The van der Waals surface area contributed by atoms with Crippen molar-refractivity contribution in [3.05, 3.63) is 28.8 Å². The van der Waals surface area contributed by atoms with Crippen LogP contribution in [-0.2, 0) is 11.0 Å². The van der Waals surface area contributed by atoms with Gasteiger partial charge >= 0.3 is 6.18 Å². The van der Waals surface area contributed by atoms with Crippen LogP contribution in [0.1, 0.15) is 32.3 Å². The van der Waals surface area contributed by atoms with E-state index < -0.39 is 17.6 Å². The van der Waals surface area contributed by atoms with Crippen LogP contribution in [0.2, 0.25) is 5.02 Å². The molecule has 1 fully saturated rings. The number of alkyl halides is 3. The van der Waals surface area contributed by atoms with Gasteiger partial charge in [0.2, 0.25) is 0 Å². The molecule has 1 atom stereocenters. The van der Waals surface area contributed by atoms with Crippen LogP contribution < -0.4 is 10.2 Å². The van der Waals surface area contributed by atoms with Crippen LogP contribution in [-0.4, -0.2) is 25.0 Å². The van der Waals surface area contributed by atoms with Crippen LogP contribution in [0.3, 0.4) is 0 Å². The number of anilines is 1. The summed E-state index contributed by atoms with van der Waals surface area (Å²) in [5, 5.41) is 2.40. The van der Waals surface area contributed by atoms with E-state index in [9.17, 15) is 18.0 Å². The molecule has 3 nitrogen and oxygen atoms in total. The monoisotopic (exact) mass is 349 g/mol. The van der Waals surface area contributed by atoms with Crippen LogP contribution in [0, 0.1) is 5.92 Å². The summed E-state index contributed by atoms with van der Waals surface area (Å²) >= 11 is 5.64. The number of rotatable bonds is 3. The third kappa shape index (κ3) is 4.61. The maximum atomic E-state index is 13.1. The van der Waals surface area contributed by atoms with Crippen molar-refractivity contribution in [2.75, 3.05) is 18.4 Å². The van der Waals surface area contributed by atoms with E-state index in [0.717, 1.165) is 36.9 Å². The smallest absolute Gasteiger partial charge is 0.325 e. The van der Waals surface area contributed by atoms with Gasteiger partial charge in [0.25, 0.3) is 5.91 Å². The predicted molar refractivity (Wildman–Crippen MR) is 83.6 cm³/mol. The van der Waals surface area contributed by atoms with Crippen LogP contribution in [0.15, 0.2) is 18.2 Å². The first kappa shape index (κ1) is 18.1. The Balaban J connectivity index is 2.11. The molecule has 23 heavy (non-hydrogen) atoms. The standard InChI is InChI=1S/C16H20ClF3N2O/c1-10-5-7-22(8-6-10)11(2)15(23)21-14-4-3-12(17)9-13(14)16(18,19)20/h3-4,9-11H,5-8H2,1-2H3,(H,21,23)/p+1/t11-/m0/s1. The second-order valence-electron chi connectivity index (χ2n) is 6.24.